The number of hydrogen-bond donors (Lipinski definition) is 2. The Balaban J connectivity index is 1.47. The molecular weight excluding hydrogens is 330 g/mol. The van der Waals surface area contributed by atoms with Crippen molar-refractivity contribution in [1.29, 1.82) is 0 Å². The largest absolute Gasteiger partial charge is 0.492 e. The Morgan fingerprint density at radius 2 is 2.08 bits per heavy atom. The van der Waals surface area contributed by atoms with Crippen molar-refractivity contribution in [3.8, 4) is 5.75 Å². The second-order valence-corrected chi connectivity index (χ2v) is 7.62. The van der Waals surface area contributed by atoms with Gasteiger partial charge in [0.25, 0.3) is 0 Å². The van der Waals surface area contributed by atoms with Crippen LogP contribution < -0.4 is 15.8 Å². The second-order valence-electron chi connectivity index (χ2n) is 7.62. The summed E-state index contributed by atoms with van der Waals surface area (Å²) in [7, 11) is 0. The zero-order chi connectivity index (χ0) is 18.4. The summed E-state index contributed by atoms with van der Waals surface area (Å²) >= 11 is 0. The van der Waals surface area contributed by atoms with Crippen molar-refractivity contribution in [2.24, 2.45) is 17.1 Å². The highest BCUT2D eigenvalue weighted by Gasteiger charge is 2.38. The van der Waals surface area contributed by atoms with E-state index in [9.17, 15) is 4.79 Å². The van der Waals surface area contributed by atoms with Crippen molar-refractivity contribution in [1.82, 2.24) is 4.90 Å². The molecule has 2 fully saturated rings. The van der Waals surface area contributed by atoms with E-state index < -0.39 is 5.41 Å². The molecule has 1 aromatic rings. The summed E-state index contributed by atoms with van der Waals surface area (Å²) in [5.41, 5.74) is 6.15. The first-order valence-electron chi connectivity index (χ1n) is 9.66. The fraction of sp³-hybridized carbons (Fsp3) is 0.650. The Morgan fingerprint density at radius 3 is 2.69 bits per heavy atom. The minimum absolute atomic E-state index is 0.0138. The number of carbonyl (C=O) groups excluding carboxylic acids is 1. The van der Waals surface area contributed by atoms with E-state index in [2.05, 4.69) is 17.1 Å². The summed E-state index contributed by atoms with van der Waals surface area (Å²) in [6.45, 7) is 7.81. The van der Waals surface area contributed by atoms with Crippen molar-refractivity contribution in [2.45, 2.75) is 26.2 Å². The Bertz CT molecular complexity index is 584. The fourth-order valence-electron chi connectivity index (χ4n) is 3.71. The second kappa shape index (κ2) is 8.84. The van der Waals surface area contributed by atoms with Gasteiger partial charge in [-0.05, 0) is 56.0 Å². The lowest BCUT2D eigenvalue weighted by Gasteiger charge is -2.34. The maximum Gasteiger partial charge on any atom is 0.232 e. The van der Waals surface area contributed by atoms with Gasteiger partial charge in [-0.25, -0.2) is 0 Å². The molecule has 2 aliphatic rings. The normalized spacial score (nSPS) is 22.9. The number of likely N-dealkylation sites (tertiary alicyclic amines) is 1. The van der Waals surface area contributed by atoms with E-state index in [1.807, 2.05) is 24.3 Å². The number of ether oxygens (including phenoxy) is 2. The molecule has 0 aliphatic carbocycles. The van der Waals surface area contributed by atoms with Gasteiger partial charge in [-0.1, -0.05) is 6.92 Å². The lowest BCUT2D eigenvalue weighted by Crippen LogP contribution is -2.46. The molecule has 0 bridgehead atoms. The van der Waals surface area contributed by atoms with Gasteiger partial charge in [-0.3, -0.25) is 9.69 Å². The van der Waals surface area contributed by atoms with Gasteiger partial charge in [0, 0.05) is 38.5 Å². The highest BCUT2D eigenvalue weighted by Crippen LogP contribution is 2.31. The lowest BCUT2D eigenvalue weighted by molar-refractivity contribution is -0.130. The monoisotopic (exact) mass is 361 g/mol. The molecule has 0 spiro atoms. The van der Waals surface area contributed by atoms with Crippen LogP contribution in [0.2, 0.25) is 0 Å². The Kier molecular flexibility index (Phi) is 6.51. The zero-order valence-electron chi connectivity index (χ0n) is 15.7. The van der Waals surface area contributed by atoms with Crippen LogP contribution in [0.4, 0.5) is 5.69 Å². The molecule has 2 saturated heterocycles. The number of carbonyl (C=O) groups is 1. The summed E-state index contributed by atoms with van der Waals surface area (Å²) in [5, 5.41) is 3.00. The van der Waals surface area contributed by atoms with Crippen LogP contribution in [0.25, 0.3) is 0 Å². The molecule has 26 heavy (non-hydrogen) atoms. The van der Waals surface area contributed by atoms with Crippen LogP contribution >= 0.6 is 0 Å². The molecule has 0 aromatic heterocycles. The average Bonchev–Trinajstić information content (AvgIpc) is 3.09. The van der Waals surface area contributed by atoms with Gasteiger partial charge in [-0.15, -0.1) is 0 Å². The van der Waals surface area contributed by atoms with E-state index in [0.717, 1.165) is 23.9 Å². The van der Waals surface area contributed by atoms with E-state index >= 15 is 0 Å². The Hall–Kier alpha value is -1.63. The lowest BCUT2D eigenvalue weighted by atomic mass is 9.79. The number of nitrogens with zero attached hydrogens (tertiary/aromatic N) is 1. The van der Waals surface area contributed by atoms with Gasteiger partial charge >= 0.3 is 0 Å². The molecule has 6 heteroatoms. The van der Waals surface area contributed by atoms with Gasteiger partial charge in [0.2, 0.25) is 5.91 Å². The molecule has 1 amide bonds. The minimum atomic E-state index is -0.514. The van der Waals surface area contributed by atoms with Crippen molar-refractivity contribution in [2.75, 3.05) is 51.3 Å². The maximum absolute atomic E-state index is 12.7. The molecule has 1 aromatic carbocycles. The number of rotatable bonds is 7. The summed E-state index contributed by atoms with van der Waals surface area (Å²) in [6, 6.07) is 7.58. The molecule has 0 saturated carbocycles. The van der Waals surface area contributed by atoms with Gasteiger partial charge < -0.3 is 20.5 Å². The van der Waals surface area contributed by atoms with Gasteiger partial charge in [0.05, 0.1) is 5.41 Å². The van der Waals surface area contributed by atoms with Crippen LogP contribution in [0.3, 0.4) is 0 Å². The molecule has 3 N–H and O–H groups in total. The fourth-order valence-corrected chi connectivity index (χ4v) is 3.71. The van der Waals surface area contributed by atoms with Crippen LogP contribution in [0.15, 0.2) is 24.3 Å². The smallest absolute Gasteiger partial charge is 0.232 e. The first-order chi connectivity index (χ1) is 12.6. The predicted molar refractivity (Wildman–Crippen MR) is 102 cm³/mol. The maximum atomic E-state index is 12.7. The Labute approximate surface area is 156 Å². The van der Waals surface area contributed by atoms with Crippen molar-refractivity contribution in [3.63, 3.8) is 0 Å². The molecule has 144 valence electrons. The number of anilines is 1. The summed E-state index contributed by atoms with van der Waals surface area (Å²) in [6.07, 6.45) is 2.63. The van der Waals surface area contributed by atoms with Gasteiger partial charge in [-0.2, -0.15) is 0 Å². The van der Waals surface area contributed by atoms with Crippen LogP contribution in [0.5, 0.6) is 5.75 Å². The molecule has 3 rings (SSSR count). The molecule has 2 heterocycles. The minimum Gasteiger partial charge on any atom is -0.492 e. The number of hydrogen-bond acceptors (Lipinski definition) is 5. The third-order valence-electron chi connectivity index (χ3n) is 5.62. The predicted octanol–water partition coefficient (Wildman–Crippen LogP) is 2.10. The van der Waals surface area contributed by atoms with E-state index in [1.54, 1.807) is 0 Å². The van der Waals surface area contributed by atoms with Crippen LogP contribution in [0.1, 0.15) is 26.2 Å². The average molecular weight is 361 g/mol. The Morgan fingerprint density at radius 1 is 1.35 bits per heavy atom. The molecule has 1 unspecified atom stereocenters. The van der Waals surface area contributed by atoms with Gasteiger partial charge in [0.15, 0.2) is 0 Å². The quantitative estimate of drug-likeness (QED) is 0.778. The van der Waals surface area contributed by atoms with Crippen LogP contribution in [-0.2, 0) is 9.53 Å². The third kappa shape index (κ3) is 4.75. The number of nitrogens with one attached hydrogen (secondary N) is 1. The van der Waals surface area contributed by atoms with Crippen molar-refractivity contribution in [3.05, 3.63) is 24.3 Å². The summed E-state index contributed by atoms with van der Waals surface area (Å²) in [4.78, 5) is 15.1. The highest BCUT2D eigenvalue weighted by atomic mass is 16.5. The number of amides is 1. The zero-order valence-corrected chi connectivity index (χ0v) is 15.7. The molecular formula is C20H31N3O3. The SMILES string of the molecule is CC1CCN(CCOc2ccc(NC(=O)C3(CN)CCOCC3)cc2)C1. The number of nitrogens with two attached hydrogens (primary N) is 1. The van der Waals surface area contributed by atoms with E-state index in [1.165, 1.54) is 19.5 Å². The summed E-state index contributed by atoms with van der Waals surface area (Å²) < 4.78 is 11.2. The van der Waals surface area contributed by atoms with Gasteiger partial charge in [0.1, 0.15) is 12.4 Å². The molecule has 2 aliphatic heterocycles. The van der Waals surface area contributed by atoms with Crippen LogP contribution in [0, 0.1) is 11.3 Å². The number of benzene rings is 1. The van der Waals surface area contributed by atoms with E-state index in [0.29, 0.717) is 39.2 Å². The standard InChI is InChI=1S/C20H31N3O3/c1-16-6-9-23(14-16)10-13-26-18-4-2-17(3-5-18)22-19(24)20(15-21)7-11-25-12-8-20/h2-5,16H,6-15,21H2,1H3,(H,22,24). The van der Waals surface area contributed by atoms with Crippen LogP contribution in [-0.4, -0.2) is 56.8 Å². The van der Waals surface area contributed by atoms with E-state index in [4.69, 9.17) is 15.2 Å². The topological polar surface area (TPSA) is 76.8 Å². The highest BCUT2D eigenvalue weighted by molar-refractivity contribution is 5.95. The first kappa shape index (κ1) is 19.1. The molecule has 0 radical (unpaired) electrons. The molecule has 6 nitrogen and oxygen atoms in total. The molecule has 1 atom stereocenters. The summed E-state index contributed by atoms with van der Waals surface area (Å²) in [5.74, 6) is 1.61. The third-order valence-corrected chi connectivity index (χ3v) is 5.62. The van der Waals surface area contributed by atoms with E-state index in [-0.39, 0.29) is 5.91 Å². The van der Waals surface area contributed by atoms with Crippen molar-refractivity contribution < 1.29 is 14.3 Å². The first-order valence-corrected chi connectivity index (χ1v) is 9.66. The van der Waals surface area contributed by atoms with Crippen molar-refractivity contribution >= 4 is 11.6 Å².